The highest BCUT2D eigenvalue weighted by Crippen LogP contribution is 2.55. The van der Waals surface area contributed by atoms with Crippen LogP contribution in [0.4, 0.5) is 10.1 Å². The molecule has 0 bridgehead atoms. The first-order valence-corrected chi connectivity index (χ1v) is 10.9. The lowest BCUT2D eigenvalue weighted by molar-refractivity contribution is -0.125. The van der Waals surface area contributed by atoms with Gasteiger partial charge in [0.05, 0.1) is 12.1 Å². The molecule has 2 aliphatic rings. The molecule has 0 radical (unpaired) electrons. The lowest BCUT2D eigenvalue weighted by atomic mass is 9.68. The highest BCUT2D eigenvalue weighted by molar-refractivity contribution is 6.30. The molecule has 0 spiro atoms. The molecule has 1 fully saturated rings. The number of halogens is 2. The number of rotatable bonds is 4. The van der Waals surface area contributed by atoms with Crippen molar-refractivity contribution in [2.45, 2.75) is 18.0 Å². The Morgan fingerprint density at radius 3 is 2.59 bits per heavy atom. The van der Waals surface area contributed by atoms with Crippen LogP contribution in [-0.2, 0) is 4.79 Å². The second-order valence-corrected chi connectivity index (χ2v) is 8.78. The number of benzene rings is 2. The number of carbonyl (C=O) groups excluding carboxylic acids is 2. The minimum absolute atomic E-state index is 0.320. The molecular formula is C26H18ClFN4O2. The van der Waals surface area contributed by atoms with Crippen LogP contribution in [0, 0.1) is 22.6 Å². The van der Waals surface area contributed by atoms with Crippen LogP contribution in [0.3, 0.4) is 0 Å². The van der Waals surface area contributed by atoms with Gasteiger partial charge >= 0.3 is 0 Å². The molecule has 3 heterocycles. The molecule has 3 aromatic rings. The predicted octanol–water partition coefficient (Wildman–Crippen LogP) is 4.12. The van der Waals surface area contributed by atoms with E-state index in [0.29, 0.717) is 27.4 Å². The number of nitriles is 1. The monoisotopic (exact) mass is 472 g/mol. The average Bonchev–Trinajstić information content (AvgIpc) is 3.16. The minimum atomic E-state index is -1.78. The van der Waals surface area contributed by atoms with Gasteiger partial charge in [0, 0.05) is 40.1 Å². The van der Waals surface area contributed by atoms with Crippen molar-refractivity contribution in [2.75, 3.05) is 4.90 Å². The summed E-state index contributed by atoms with van der Waals surface area (Å²) in [4.78, 5) is 33.0. The van der Waals surface area contributed by atoms with Crippen molar-refractivity contribution >= 4 is 35.1 Å². The van der Waals surface area contributed by atoms with Crippen LogP contribution in [0.15, 0.2) is 73.1 Å². The number of nitrogens with zero attached hydrogens (tertiary/aromatic N) is 3. The summed E-state index contributed by atoms with van der Waals surface area (Å²) < 4.78 is 14.0. The fourth-order valence-electron chi connectivity index (χ4n) is 5.18. The molecule has 5 rings (SSSR count). The second-order valence-electron chi connectivity index (χ2n) is 8.34. The smallest absolute Gasteiger partial charge is 0.241 e. The molecule has 2 N–H and O–H groups in total. The molecule has 0 aliphatic carbocycles. The molecule has 6 nitrogen and oxygen atoms in total. The number of amides is 1. The summed E-state index contributed by atoms with van der Waals surface area (Å²) in [7, 11) is 0. The van der Waals surface area contributed by atoms with E-state index in [2.05, 4.69) is 11.1 Å². The summed E-state index contributed by atoms with van der Waals surface area (Å²) in [6, 6.07) is 14.3. The summed E-state index contributed by atoms with van der Waals surface area (Å²) >= 11 is 6.02. The lowest BCUT2D eigenvalue weighted by Crippen LogP contribution is -2.49. The van der Waals surface area contributed by atoms with Crippen molar-refractivity contribution in [2.24, 2.45) is 11.1 Å². The van der Waals surface area contributed by atoms with E-state index in [0.717, 1.165) is 0 Å². The molecule has 34 heavy (non-hydrogen) atoms. The van der Waals surface area contributed by atoms with E-state index in [1.165, 1.54) is 18.3 Å². The van der Waals surface area contributed by atoms with Crippen molar-refractivity contribution in [3.63, 3.8) is 0 Å². The maximum atomic E-state index is 14.0. The Labute approximate surface area is 200 Å². The third-order valence-corrected chi connectivity index (χ3v) is 6.88. The van der Waals surface area contributed by atoms with Gasteiger partial charge in [-0.2, -0.15) is 5.26 Å². The molecule has 4 unspecified atom stereocenters. The first kappa shape index (κ1) is 21.8. The topological polar surface area (TPSA) is 100 Å². The predicted molar refractivity (Wildman–Crippen MR) is 125 cm³/mol. The number of Topliss-reactive ketones (excluding diaryl/α,β-unsaturated/α-hetero) is 1. The fraction of sp³-hybridized carbons (Fsp3) is 0.154. The number of hydrogen-bond donors (Lipinski definition) is 1. The molecule has 0 saturated carbocycles. The van der Waals surface area contributed by atoms with Crippen molar-refractivity contribution in [1.29, 1.82) is 5.26 Å². The van der Waals surface area contributed by atoms with Gasteiger partial charge in [-0.3, -0.25) is 14.6 Å². The van der Waals surface area contributed by atoms with Gasteiger partial charge in [0.15, 0.2) is 11.2 Å². The minimum Gasteiger partial charge on any atom is -0.368 e. The SMILES string of the molecule is N#CC1(C(N)=O)C(c2cccnc2)C(C(=O)c2ccc(Cl)cc2)N2c3ccc(F)cc3C=CC21. The molecule has 8 heteroatoms. The lowest BCUT2D eigenvalue weighted by Gasteiger charge is -2.36. The summed E-state index contributed by atoms with van der Waals surface area (Å²) in [5, 5.41) is 10.9. The van der Waals surface area contributed by atoms with Gasteiger partial charge in [-0.25, -0.2) is 4.39 Å². The molecule has 4 atom stereocenters. The Balaban J connectivity index is 1.80. The number of fused-ring (bicyclic) bond motifs is 3. The number of nitrogens with two attached hydrogens (primary N) is 1. The number of ketones is 1. The Morgan fingerprint density at radius 1 is 1.18 bits per heavy atom. The van der Waals surface area contributed by atoms with Crippen molar-refractivity contribution < 1.29 is 14.0 Å². The van der Waals surface area contributed by atoms with E-state index >= 15 is 0 Å². The molecule has 2 aliphatic heterocycles. The Hall–Kier alpha value is -4.02. The van der Waals surface area contributed by atoms with E-state index in [1.54, 1.807) is 65.7 Å². The van der Waals surface area contributed by atoms with Gasteiger partial charge in [0.1, 0.15) is 11.9 Å². The van der Waals surface area contributed by atoms with Crippen molar-refractivity contribution in [3.8, 4) is 6.07 Å². The van der Waals surface area contributed by atoms with Crippen LogP contribution >= 0.6 is 11.6 Å². The summed E-state index contributed by atoms with van der Waals surface area (Å²) in [6.07, 6.45) is 6.41. The highest BCUT2D eigenvalue weighted by atomic mass is 35.5. The van der Waals surface area contributed by atoms with E-state index in [-0.39, 0.29) is 5.78 Å². The van der Waals surface area contributed by atoms with Gasteiger partial charge in [-0.05, 0) is 54.1 Å². The molecule has 2 aromatic carbocycles. The first-order valence-electron chi connectivity index (χ1n) is 10.6. The van der Waals surface area contributed by atoms with Crippen LogP contribution in [0.1, 0.15) is 27.4 Å². The maximum Gasteiger partial charge on any atom is 0.241 e. The van der Waals surface area contributed by atoms with Crippen LogP contribution in [-0.4, -0.2) is 28.8 Å². The van der Waals surface area contributed by atoms with E-state index in [9.17, 15) is 19.2 Å². The Kier molecular flexibility index (Phi) is 5.18. The largest absolute Gasteiger partial charge is 0.368 e. The van der Waals surface area contributed by atoms with Crippen molar-refractivity contribution in [3.05, 3.63) is 101 Å². The molecule has 168 valence electrons. The zero-order valence-electron chi connectivity index (χ0n) is 17.7. The summed E-state index contributed by atoms with van der Waals surface area (Å²) in [5.74, 6) is -2.54. The summed E-state index contributed by atoms with van der Waals surface area (Å²) in [5.41, 5.74) is 6.09. The van der Waals surface area contributed by atoms with E-state index in [1.807, 2.05) is 0 Å². The van der Waals surface area contributed by atoms with Gasteiger partial charge < -0.3 is 10.6 Å². The molecular weight excluding hydrogens is 455 g/mol. The number of hydrogen-bond acceptors (Lipinski definition) is 5. The quantitative estimate of drug-likeness (QED) is 0.576. The van der Waals surface area contributed by atoms with Gasteiger partial charge in [-0.1, -0.05) is 29.8 Å². The number of primary amides is 1. The van der Waals surface area contributed by atoms with Gasteiger partial charge in [0.25, 0.3) is 0 Å². The molecule has 1 amide bonds. The van der Waals surface area contributed by atoms with Crippen LogP contribution < -0.4 is 10.6 Å². The number of aromatic nitrogens is 1. The third-order valence-electron chi connectivity index (χ3n) is 6.63. The second kappa shape index (κ2) is 8.08. The van der Waals surface area contributed by atoms with Crippen molar-refractivity contribution in [1.82, 2.24) is 4.98 Å². The normalized spacial score (nSPS) is 24.7. The Morgan fingerprint density at radius 2 is 1.94 bits per heavy atom. The maximum absolute atomic E-state index is 14.0. The number of anilines is 1. The Bertz CT molecular complexity index is 1370. The fourth-order valence-corrected chi connectivity index (χ4v) is 5.30. The standard InChI is InChI=1S/C26H18ClFN4O2/c27-18-6-3-15(4-7-18)24(33)23-22(17-2-1-11-31-13-17)26(14-29,25(30)34)21-10-5-16-12-19(28)8-9-20(16)32(21)23/h1-13,21-23H,(H2,30,34). The zero-order valence-corrected chi connectivity index (χ0v) is 18.5. The first-order chi connectivity index (χ1) is 16.4. The average molecular weight is 473 g/mol. The van der Waals surface area contributed by atoms with Crippen LogP contribution in [0.2, 0.25) is 5.02 Å². The number of carbonyl (C=O) groups is 2. The molecule has 1 saturated heterocycles. The third kappa shape index (κ3) is 3.11. The van der Waals surface area contributed by atoms with E-state index in [4.69, 9.17) is 17.3 Å². The molecule has 1 aromatic heterocycles. The van der Waals surface area contributed by atoms with Gasteiger partial charge in [-0.15, -0.1) is 0 Å². The van der Waals surface area contributed by atoms with E-state index < -0.39 is 35.1 Å². The van der Waals surface area contributed by atoms with Gasteiger partial charge in [0.2, 0.25) is 5.91 Å². The summed E-state index contributed by atoms with van der Waals surface area (Å²) in [6.45, 7) is 0. The zero-order chi connectivity index (χ0) is 24.0. The van der Waals surface area contributed by atoms with Crippen LogP contribution in [0.25, 0.3) is 6.08 Å². The highest BCUT2D eigenvalue weighted by Gasteiger charge is 2.65. The number of pyridine rings is 1. The van der Waals surface area contributed by atoms with Crippen LogP contribution in [0.5, 0.6) is 0 Å².